The van der Waals surface area contributed by atoms with Gasteiger partial charge in [0.1, 0.15) is 0 Å². The van der Waals surface area contributed by atoms with Crippen LogP contribution in [0.2, 0.25) is 5.82 Å². The maximum atomic E-state index is 9.64. The van der Waals surface area contributed by atoms with Crippen molar-refractivity contribution in [1.29, 1.82) is 0 Å². The topological polar surface area (TPSA) is 41.5 Å². The first kappa shape index (κ1) is 16.8. The average Bonchev–Trinajstić information content (AvgIpc) is 2.24. The molecule has 0 spiro atoms. The Morgan fingerprint density at radius 1 is 1.37 bits per heavy atom. The minimum atomic E-state index is -0.674. The van der Waals surface area contributed by atoms with Crippen molar-refractivity contribution < 1.29 is 9.76 Å². The SMILES string of the molecule is CC(C)(O)CN[B]C1=CCCC([B]OC(C)(C)C)C1. The van der Waals surface area contributed by atoms with Crippen molar-refractivity contribution in [2.75, 3.05) is 6.54 Å². The molecular weight excluding hydrogens is 236 g/mol. The van der Waals surface area contributed by atoms with Crippen molar-refractivity contribution in [3.63, 3.8) is 0 Å². The van der Waals surface area contributed by atoms with Crippen LogP contribution in [0, 0.1) is 0 Å². The third kappa shape index (κ3) is 8.51. The molecule has 2 N–H and O–H groups in total. The van der Waals surface area contributed by atoms with E-state index in [-0.39, 0.29) is 5.60 Å². The molecule has 0 aromatic carbocycles. The number of rotatable bonds is 6. The van der Waals surface area contributed by atoms with Crippen molar-refractivity contribution >= 4 is 14.9 Å². The van der Waals surface area contributed by atoms with E-state index in [1.165, 1.54) is 5.47 Å². The zero-order chi connectivity index (χ0) is 14.5. The molecule has 1 aliphatic carbocycles. The van der Waals surface area contributed by atoms with Gasteiger partial charge in [0.15, 0.2) is 0 Å². The lowest BCUT2D eigenvalue weighted by Crippen LogP contribution is -2.37. The number of hydrogen-bond acceptors (Lipinski definition) is 3. The molecule has 1 rings (SSSR count). The molecule has 0 heterocycles. The fraction of sp³-hybridized carbons (Fsp3) is 0.857. The third-order valence-electron chi connectivity index (χ3n) is 2.88. The Labute approximate surface area is 119 Å². The first-order valence-electron chi connectivity index (χ1n) is 7.15. The number of allylic oxidation sites excluding steroid dienone is 2. The maximum absolute atomic E-state index is 9.64. The van der Waals surface area contributed by atoms with Gasteiger partial charge in [0, 0.05) is 12.1 Å². The Balaban J connectivity index is 2.28. The van der Waals surface area contributed by atoms with E-state index in [0.717, 1.165) is 19.3 Å². The molecule has 1 unspecified atom stereocenters. The van der Waals surface area contributed by atoms with Gasteiger partial charge >= 0.3 is 0 Å². The molecule has 3 nitrogen and oxygen atoms in total. The lowest BCUT2D eigenvalue weighted by molar-refractivity contribution is 0.0857. The fourth-order valence-electron chi connectivity index (χ4n) is 1.94. The summed E-state index contributed by atoms with van der Waals surface area (Å²) in [5.41, 5.74) is 0.519. The van der Waals surface area contributed by atoms with Crippen LogP contribution in [-0.2, 0) is 4.65 Å². The average molecular weight is 263 g/mol. The van der Waals surface area contributed by atoms with Crippen LogP contribution in [0.1, 0.15) is 53.9 Å². The Morgan fingerprint density at radius 3 is 2.63 bits per heavy atom. The van der Waals surface area contributed by atoms with E-state index >= 15 is 0 Å². The van der Waals surface area contributed by atoms with Gasteiger partial charge in [-0.05, 0) is 53.3 Å². The number of aliphatic hydroxyl groups is 1. The summed E-state index contributed by atoms with van der Waals surface area (Å²) in [5, 5.41) is 12.8. The normalized spacial score (nSPS) is 20.9. The Kier molecular flexibility index (Phi) is 6.15. The predicted molar refractivity (Wildman–Crippen MR) is 82.3 cm³/mol. The highest BCUT2D eigenvalue weighted by molar-refractivity contribution is 6.43. The van der Waals surface area contributed by atoms with Crippen molar-refractivity contribution in [2.45, 2.75) is 70.9 Å². The van der Waals surface area contributed by atoms with Crippen LogP contribution in [0.25, 0.3) is 0 Å². The molecule has 0 aromatic heterocycles. The van der Waals surface area contributed by atoms with Gasteiger partial charge in [0.05, 0.1) is 5.60 Å². The molecule has 0 saturated carbocycles. The van der Waals surface area contributed by atoms with Gasteiger partial charge in [0.2, 0.25) is 7.41 Å². The van der Waals surface area contributed by atoms with Crippen molar-refractivity contribution in [3.05, 3.63) is 11.5 Å². The summed E-state index contributed by atoms with van der Waals surface area (Å²) in [7, 11) is 4.02. The third-order valence-corrected chi connectivity index (χ3v) is 2.88. The molecule has 1 atom stereocenters. The first-order chi connectivity index (χ1) is 8.66. The zero-order valence-electron chi connectivity index (χ0n) is 13.0. The highest BCUT2D eigenvalue weighted by Gasteiger charge is 2.21. The second-order valence-corrected chi connectivity index (χ2v) is 7.02. The number of nitrogens with one attached hydrogen (secondary N) is 1. The van der Waals surface area contributed by atoms with Gasteiger partial charge in [-0.1, -0.05) is 18.0 Å². The van der Waals surface area contributed by atoms with Crippen LogP contribution in [0.3, 0.4) is 0 Å². The van der Waals surface area contributed by atoms with E-state index in [2.05, 4.69) is 32.1 Å². The summed E-state index contributed by atoms with van der Waals surface area (Å²) in [4.78, 5) is 0. The Bertz CT molecular complexity index is 306. The summed E-state index contributed by atoms with van der Waals surface area (Å²) in [5.74, 6) is 0.486. The summed E-state index contributed by atoms with van der Waals surface area (Å²) in [6.07, 6.45) is 5.51. The van der Waals surface area contributed by atoms with E-state index in [9.17, 15) is 5.11 Å². The molecule has 0 aliphatic heterocycles. The second-order valence-electron chi connectivity index (χ2n) is 7.02. The van der Waals surface area contributed by atoms with Gasteiger partial charge in [-0.15, -0.1) is 0 Å². The van der Waals surface area contributed by atoms with E-state index in [1.807, 2.05) is 14.9 Å². The quantitative estimate of drug-likeness (QED) is 0.722. The van der Waals surface area contributed by atoms with Crippen LogP contribution in [0.4, 0.5) is 0 Å². The van der Waals surface area contributed by atoms with Crippen LogP contribution < -0.4 is 5.23 Å². The lowest BCUT2D eigenvalue weighted by atomic mass is 9.63. The van der Waals surface area contributed by atoms with Gasteiger partial charge in [-0.25, -0.2) is 0 Å². The summed E-state index contributed by atoms with van der Waals surface area (Å²) in [6, 6.07) is 0. The molecular formula is C14H27B2NO2. The second kappa shape index (κ2) is 6.96. The lowest BCUT2D eigenvalue weighted by Gasteiger charge is -2.27. The monoisotopic (exact) mass is 263 g/mol. The minimum absolute atomic E-state index is 0.107. The van der Waals surface area contributed by atoms with Crippen LogP contribution in [-0.4, -0.2) is 37.8 Å². The largest absolute Gasteiger partial charge is 0.436 e. The summed E-state index contributed by atoms with van der Waals surface area (Å²) < 4.78 is 5.75. The first-order valence-corrected chi connectivity index (χ1v) is 7.15. The predicted octanol–water partition coefficient (Wildman–Crippen LogP) is 2.26. The van der Waals surface area contributed by atoms with Gasteiger partial charge in [-0.2, -0.15) is 0 Å². The molecule has 0 fully saturated rings. The maximum Gasteiger partial charge on any atom is 0.296 e. The molecule has 106 valence electrons. The highest BCUT2D eigenvalue weighted by Crippen LogP contribution is 2.28. The number of hydrogen-bond donors (Lipinski definition) is 2. The van der Waals surface area contributed by atoms with Crippen LogP contribution >= 0.6 is 0 Å². The molecule has 19 heavy (non-hydrogen) atoms. The smallest absolute Gasteiger partial charge is 0.296 e. The van der Waals surface area contributed by atoms with Crippen molar-refractivity contribution in [1.82, 2.24) is 5.23 Å². The van der Waals surface area contributed by atoms with Gasteiger partial charge in [-0.3, -0.25) is 0 Å². The van der Waals surface area contributed by atoms with Gasteiger partial charge < -0.3 is 15.0 Å². The standard InChI is InChI=1S/C14H27B2NO2/c1-13(2,3)19-16-12-8-6-7-11(9-12)15-17-10-14(4,5)18/h7,12,17-18H,6,8-10H2,1-5H3. The van der Waals surface area contributed by atoms with Crippen molar-refractivity contribution in [2.24, 2.45) is 0 Å². The molecule has 5 heteroatoms. The van der Waals surface area contributed by atoms with Gasteiger partial charge in [0.25, 0.3) is 7.48 Å². The van der Waals surface area contributed by atoms with Crippen LogP contribution in [0.5, 0.6) is 0 Å². The molecule has 1 aliphatic rings. The molecule has 0 saturated heterocycles. The molecule has 0 bridgehead atoms. The van der Waals surface area contributed by atoms with E-state index < -0.39 is 5.60 Å². The molecule has 0 amide bonds. The Morgan fingerprint density at radius 2 is 2.05 bits per heavy atom. The van der Waals surface area contributed by atoms with Crippen molar-refractivity contribution in [3.8, 4) is 0 Å². The van der Waals surface area contributed by atoms with Crippen LogP contribution in [0.15, 0.2) is 11.5 Å². The minimum Gasteiger partial charge on any atom is -0.436 e. The summed E-state index contributed by atoms with van der Waals surface area (Å²) in [6.45, 7) is 10.4. The molecule has 2 radical (unpaired) electrons. The molecule has 0 aromatic rings. The van der Waals surface area contributed by atoms with E-state index in [1.54, 1.807) is 13.8 Å². The zero-order valence-corrected chi connectivity index (χ0v) is 13.0. The van der Waals surface area contributed by atoms with E-state index in [4.69, 9.17) is 4.65 Å². The highest BCUT2D eigenvalue weighted by atomic mass is 16.5. The fourth-order valence-corrected chi connectivity index (χ4v) is 1.94. The van der Waals surface area contributed by atoms with E-state index in [0.29, 0.717) is 12.4 Å². The Hall–Kier alpha value is -0.250. The summed E-state index contributed by atoms with van der Waals surface area (Å²) >= 11 is 0.